The van der Waals surface area contributed by atoms with Crippen LogP contribution in [0.25, 0.3) is 11.4 Å². The summed E-state index contributed by atoms with van der Waals surface area (Å²) in [6.07, 6.45) is 1.79. The van der Waals surface area contributed by atoms with Crippen LogP contribution in [0.4, 0.5) is 10.2 Å². The van der Waals surface area contributed by atoms with Crippen LogP contribution in [-0.4, -0.2) is 17.0 Å². The number of nitrogens with one attached hydrogen (secondary N) is 1. The standard InChI is InChI=1S/C14H14BrClFN3/c1-3-4-11-12(15)14(18-2)20-13(19-11)9-6-5-8(17)7-10(9)16/h5-7H,3-4H2,1-2H3,(H,18,19,20). The molecule has 106 valence electrons. The van der Waals surface area contributed by atoms with Crippen LogP contribution in [0.15, 0.2) is 22.7 Å². The summed E-state index contributed by atoms with van der Waals surface area (Å²) in [5.41, 5.74) is 1.52. The average Bonchev–Trinajstić information content (AvgIpc) is 2.41. The van der Waals surface area contributed by atoms with E-state index >= 15 is 0 Å². The van der Waals surface area contributed by atoms with E-state index in [1.165, 1.54) is 12.1 Å². The van der Waals surface area contributed by atoms with Gasteiger partial charge in [0.05, 0.1) is 15.2 Å². The van der Waals surface area contributed by atoms with E-state index in [1.54, 1.807) is 13.1 Å². The highest BCUT2D eigenvalue weighted by molar-refractivity contribution is 9.10. The third-order valence-electron chi connectivity index (χ3n) is 2.82. The van der Waals surface area contributed by atoms with E-state index in [9.17, 15) is 4.39 Å². The number of hydrogen-bond acceptors (Lipinski definition) is 3. The third-order valence-corrected chi connectivity index (χ3v) is 3.96. The molecule has 0 aliphatic heterocycles. The lowest BCUT2D eigenvalue weighted by molar-refractivity contribution is 0.628. The Labute approximate surface area is 130 Å². The number of anilines is 1. The average molecular weight is 359 g/mol. The molecule has 0 unspecified atom stereocenters. The second-order valence-corrected chi connectivity index (χ2v) is 5.48. The molecule has 0 spiro atoms. The van der Waals surface area contributed by atoms with Crippen molar-refractivity contribution in [2.24, 2.45) is 0 Å². The first kappa shape index (κ1) is 15.2. The summed E-state index contributed by atoms with van der Waals surface area (Å²) >= 11 is 9.58. The fourth-order valence-electron chi connectivity index (χ4n) is 1.85. The fraction of sp³-hybridized carbons (Fsp3) is 0.286. The van der Waals surface area contributed by atoms with Crippen LogP contribution < -0.4 is 5.32 Å². The van der Waals surface area contributed by atoms with Gasteiger partial charge in [0, 0.05) is 12.6 Å². The highest BCUT2D eigenvalue weighted by Crippen LogP contribution is 2.31. The smallest absolute Gasteiger partial charge is 0.163 e. The molecule has 6 heteroatoms. The SMILES string of the molecule is CCCc1nc(-c2ccc(F)cc2Cl)nc(NC)c1Br. The van der Waals surface area contributed by atoms with Gasteiger partial charge >= 0.3 is 0 Å². The largest absolute Gasteiger partial charge is 0.372 e. The lowest BCUT2D eigenvalue weighted by Gasteiger charge is -2.11. The second kappa shape index (κ2) is 6.50. The van der Waals surface area contributed by atoms with Gasteiger partial charge in [0.1, 0.15) is 11.6 Å². The molecule has 1 aromatic heterocycles. The second-order valence-electron chi connectivity index (χ2n) is 4.28. The third kappa shape index (κ3) is 3.10. The topological polar surface area (TPSA) is 37.8 Å². The maximum absolute atomic E-state index is 13.1. The molecule has 0 fully saturated rings. The number of benzene rings is 1. The Morgan fingerprint density at radius 1 is 1.35 bits per heavy atom. The molecule has 2 aromatic rings. The zero-order chi connectivity index (χ0) is 14.7. The molecule has 0 radical (unpaired) electrons. The molecule has 1 aromatic carbocycles. The minimum atomic E-state index is -0.376. The summed E-state index contributed by atoms with van der Waals surface area (Å²) < 4.78 is 14.0. The molecule has 0 saturated carbocycles. The van der Waals surface area contributed by atoms with E-state index in [2.05, 4.69) is 38.1 Å². The van der Waals surface area contributed by atoms with Gasteiger partial charge in [0.2, 0.25) is 0 Å². The molecule has 1 heterocycles. The van der Waals surface area contributed by atoms with Gasteiger partial charge < -0.3 is 5.32 Å². The predicted molar refractivity (Wildman–Crippen MR) is 83.7 cm³/mol. The highest BCUT2D eigenvalue weighted by Gasteiger charge is 2.14. The van der Waals surface area contributed by atoms with E-state index in [0.717, 1.165) is 23.0 Å². The van der Waals surface area contributed by atoms with Gasteiger partial charge in [0.15, 0.2) is 5.82 Å². The zero-order valence-corrected chi connectivity index (χ0v) is 13.5. The number of hydrogen-bond donors (Lipinski definition) is 1. The maximum Gasteiger partial charge on any atom is 0.163 e. The van der Waals surface area contributed by atoms with Crippen LogP contribution in [0.1, 0.15) is 19.0 Å². The molecule has 2 rings (SSSR count). The van der Waals surface area contributed by atoms with Crippen molar-refractivity contribution in [2.45, 2.75) is 19.8 Å². The van der Waals surface area contributed by atoms with Crippen molar-refractivity contribution in [3.05, 3.63) is 39.2 Å². The lowest BCUT2D eigenvalue weighted by Crippen LogP contribution is -2.03. The minimum absolute atomic E-state index is 0.303. The molecule has 1 N–H and O–H groups in total. The number of rotatable bonds is 4. The first-order valence-electron chi connectivity index (χ1n) is 6.26. The van der Waals surface area contributed by atoms with Gasteiger partial charge in [-0.15, -0.1) is 0 Å². The van der Waals surface area contributed by atoms with Crippen molar-refractivity contribution in [2.75, 3.05) is 12.4 Å². The normalized spacial score (nSPS) is 10.7. The van der Waals surface area contributed by atoms with Crippen LogP contribution in [0, 0.1) is 5.82 Å². The van der Waals surface area contributed by atoms with Gasteiger partial charge in [-0.2, -0.15) is 0 Å². The number of halogens is 3. The van der Waals surface area contributed by atoms with Crippen LogP contribution in [0.5, 0.6) is 0 Å². The van der Waals surface area contributed by atoms with E-state index in [4.69, 9.17) is 11.6 Å². The van der Waals surface area contributed by atoms with Crippen molar-refractivity contribution in [3.63, 3.8) is 0 Å². The molecule has 3 nitrogen and oxygen atoms in total. The van der Waals surface area contributed by atoms with E-state index < -0.39 is 0 Å². The Hall–Kier alpha value is -1.20. The summed E-state index contributed by atoms with van der Waals surface area (Å²) in [5, 5.41) is 3.32. The van der Waals surface area contributed by atoms with Gasteiger partial charge in [-0.1, -0.05) is 24.9 Å². The summed E-state index contributed by atoms with van der Waals surface area (Å²) in [6.45, 7) is 2.08. The Morgan fingerprint density at radius 2 is 2.10 bits per heavy atom. The van der Waals surface area contributed by atoms with Crippen molar-refractivity contribution < 1.29 is 4.39 Å². The Balaban J connectivity index is 2.58. The van der Waals surface area contributed by atoms with Crippen LogP contribution in [0.3, 0.4) is 0 Å². The molecular weight excluding hydrogens is 345 g/mol. The van der Waals surface area contributed by atoms with E-state index in [1.807, 2.05) is 0 Å². The molecule has 0 amide bonds. The Bertz CT molecular complexity index is 634. The number of aryl methyl sites for hydroxylation is 1. The van der Waals surface area contributed by atoms with Crippen molar-refractivity contribution in [1.82, 2.24) is 9.97 Å². The fourth-order valence-corrected chi connectivity index (χ4v) is 2.68. The Morgan fingerprint density at radius 3 is 2.70 bits per heavy atom. The molecular formula is C14H14BrClFN3. The van der Waals surface area contributed by atoms with Gasteiger partial charge in [0.25, 0.3) is 0 Å². The predicted octanol–water partition coefficient (Wildman–Crippen LogP) is 4.69. The minimum Gasteiger partial charge on any atom is -0.372 e. The monoisotopic (exact) mass is 357 g/mol. The molecule has 0 bridgehead atoms. The number of aromatic nitrogens is 2. The van der Waals surface area contributed by atoms with Crippen molar-refractivity contribution in [1.29, 1.82) is 0 Å². The zero-order valence-electron chi connectivity index (χ0n) is 11.2. The molecule has 0 aliphatic rings. The summed E-state index contributed by atoms with van der Waals surface area (Å²) in [4.78, 5) is 8.94. The van der Waals surface area contributed by atoms with Crippen LogP contribution in [0.2, 0.25) is 5.02 Å². The maximum atomic E-state index is 13.1. The summed E-state index contributed by atoms with van der Waals surface area (Å²) in [6, 6.07) is 4.21. The van der Waals surface area contributed by atoms with Gasteiger partial charge in [-0.05, 0) is 40.5 Å². The Kier molecular flexibility index (Phi) is 4.94. The highest BCUT2D eigenvalue weighted by atomic mass is 79.9. The lowest BCUT2D eigenvalue weighted by atomic mass is 10.2. The van der Waals surface area contributed by atoms with E-state index in [0.29, 0.717) is 22.2 Å². The number of nitrogens with zero attached hydrogens (tertiary/aromatic N) is 2. The first-order valence-corrected chi connectivity index (χ1v) is 7.43. The molecule has 20 heavy (non-hydrogen) atoms. The van der Waals surface area contributed by atoms with Crippen molar-refractivity contribution >= 4 is 33.3 Å². The molecule has 0 saturated heterocycles. The molecule has 0 aliphatic carbocycles. The van der Waals surface area contributed by atoms with E-state index in [-0.39, 0.29) is 5.82 Å². The summed E-state index contributed by atoms with van der Waals surface area (Å²) in [7, 11) is 1.79. The first-order chi connectivity index (χ1) is 9.56. The van der Waals surface area contributed by atoms with Gasteiger partial charge in [-0.3, -0.25) is 0 Å². The molecule has 0 atom stereocenters. The van der Waals surface area contributed by atoms with Crippen molar-refractivity contribution in [3.8, 4) is 11.4 Å². The quantitative estimate of drug-likeness (QED) is 0.861. The summed E-state index contributed by atoms with van der Waals surface area (Å²) in [5.74, 6) is 0.809. The van der Waals surface area contributed by atoms with Crippen LogP contribution in [-0.2, 0) is 6.42 Å². The van der Waals surface area contributed by atoms with Gasteiger partial charge in [-0.25, -0.2) is 14.4 Å². The van der Waals surface area contributed by atoms with Crippen LogP contribution >= 0.6 is 27.5 Å².